The molecule has 2 rings (SSSR count). The van der Waals surface area contributed by atoms with E-state index in [1.54, 1.807) is 6.07 Å². The molecule has 0 unspecified atom stereocenters. The molecule has 0 aliphatic carbocycles. The van der Waals surface area contributed by atoms with Crippen LogP contribution in [0.25, 0.3) is 10.8 Å². The van der Waals surface area contributed by atoms with E-state index in [0.29, 0.717) is 0 Å². The molecule has 0 fully saturated rings. The van der Waals surface area contributed by atoms with Crippen LogP contribution in [-0.2, 0) is 0 Å². The summed E-state index contributed by atoms with van der Waals surface area (Å²) in [6.45, 7) is 0. The van der Waals surface area contributed by atoms with E-state index in [2.05, 4.69) is 10.2 Å². The van der Waals surface area contributed by atoms with Crippen molar-refractivity contribution < 1.29 is 5.11 Å². The van der Waals surface area contributed by atoms with Gasteiger partial charge >= 0.3 is 0 Å². The number of aromatic amines is 1. The highest BCUT2D eigenvalue weighted by Gasteiger charge is 2.10. The first-order chi connectivity index (χ1) is 7.67. The van der Waals surface area contributed by atoms with Crippen molar-refractivity contribution in [2.24, 2.45) is 5.18 Å². The largest absolute Gasteiger partial charge is 0.507 e. The van der Waals surface area contributed by atoms with Crippen LogP contribution in [0.15, 0.2) is 28.3 Å². The van der Waals surface area contributed by atoms with E-state index < -0.39 is 5.56 Å². The number of aromatic hydroxyl groups is 1. The number of aromatic nitrogens is 1. The fourth-order valence-electron chi connectivity index (χ4n) is 1.44. The van der Waals surface area contributed by atoms with Crippen LogP contribution in [0, 0.1) is 16.2 Å². The number of phenols is 1. The van der Waals surface area contributed by atoms with Gasteiger partial charge < -0.3 is 10.1 Å². The minimum Gasteiger partial charge on any atom is -0.507 e. The molecule has 78 valence electrons. The van der Waals surface area contributed by atoms with E-state index >= 15 is 0 Å². The molecule has 2 N–H and O–H groups in total. The summed E-state index contributed by atoms with van der Waals surface area (Å²) in [4.78, 5) is 24.2. The molecule has 1 aromatic heterocycles. The Labute approximate surface area is 88.7 Å². The van der Waals surface area contributed by atoms with Crippen LogP contribution in [0.1, 0.15) is 5.56 Å². The standard InChI is InChI=1S/C10H5N3O3/c11-3-5-1-6-7(2-9(5)14)10(15)12-4-8(6)13-16/h1-2,4,14H,(H,12,15). The molecule has 6 heteroatoms. The van der Waals surface area contributed by atoms with Crippen molar-refractivity contribution in [1.29, 1.82) is 5.26 Å². The fraction of sp³-hybridized carbons (Fsp3) is 0. The molecule has 1 aromatic carbocycles. The lowest BCUT2D eigenvalue weighted by Gasteiger charge is -2.01. The normalized spacial score (nSPS) is 9.94. The Morgan fingerprint density at radius 2 is 2.12 bits per heavy atom. The maximum atomic E-state index is 11.4. The second kappa shape index (κ2) is 3.47. The summed E-state index contributed by atoms with van der Waals surface area (Å²) in [6, 6.07) is 4.15. The highest BCUT2D eigenvalue weighted by molar-refractivity contribution is 5.93. The molecule has 16 heavy (non-hydrogen) atoms. The van der Waals surface area contributed by atoms with Crippen LogP contribution < -0.4 is 5.56 Å². The van der Waals surface area contributed by atoms with Crippen molar-refractivity contribution in [1.82, 2.24) is 4.98 Å². The Kier molecular flexibility index (Phi) is 2.14. The monoisotopic (exact) mass is 215 g/mol. The summed E-state index contributed by atoms with van der Waals surface area (Å²) < 4.78 is 0. The minimum atomic E-state index is -0.456. The van der Waals surface area contributed by atoms with Crippen molar-refractivity contribution in [3.8, 4) is 11.8 Å². The summed E-state index contributed by atoms with van der Waals surface area (Å²) in [5, 5.41) is 21.2. The molecule has 2 aromatic rings. The number of nitrogens with one attached hydrogen (secondary N) is 1. The van der Waals surface area contributed by atoms with Crippen LogP contribution in [0.3, 0.4) is 0 Å². The molecule has 0 aliphatic rings. The summed E-state index contributed by atoms with van der Waals surface area (Å²) >= 11 is 0. The summed E-state index contributed by atoms with van der Waals surface area (Å²) in [7, 11) is 0. The van der Waals surface area contributed by atoms with Gasteiger partial charge in [-0.1, -0.05) is 0 Å². The van der Waals surface area contributed by atoms with Gasteiger partial charge in [0.2, 0.25) is 0 Å². The average Bonchev–Trinajstić information content (AvgIpc) is 2.30. The number of phenolic OH excluding ortho intramolecular Hbond substituents is 1. The first-order valence-corrected chi connectivity index (χ1v) is 4.29. The zero-order chi connectivity index (χ0) is 11.7. The lowest BCUT2D eigenvalue weighted by Crippen LogP contribution is -2.04. The van der Waals surface area contributed by atoms with Gasteiger partial charge in [-0.25, -0.2) is 0 Å². The van der Waals surface area contributed by atoms with Gasteiger partial charge in [0.05, 0.1) is 10.9 Å². The van der Waals surface area contributed by atoms with E-state index in [9.17, 15) is 14.8 Å². The second-order valence-corrected chi connectivity index (χ2v) is 3.12. The van der Waals surface area contributed by atoms with Crippen LogP contribution in [0.5, 0.6) is 5.75 Å². The number of rotatable bonds is 1. The number of H-pyrrole nitrogens is 1. The Bertz CT molecular complexity index is 682. The topological polar surface area (TPSA) is 106 Å². The first-order valence-electron chi connectivity index (χ1n) is 4.29. The molecule has 0 bridgehead atoms. The molecule has 0 aliphatic heterocycles. The highest BCUT2D eigenvalue weighted by atomic mass is 16.3. The molecule has 1 heterocycles. The van der Waals surface area contributed by atoms with Crippen molar-refractivity contribution in [3.63, 3.8) is 0 Å². The Morgan fingerprint density at radius 1 is 1.38 bits per heavy atom. The molecule has 0 saturated heterocycles. The summed E-state index contributed by atoms with van der Waals surface area (Å²) in [5.74, 6) is -0.302. The number of nitroso groups, excluding NO2 is 1. The highest BCUT2D eigenvalue weighted by Crippen LogP contribution is 2.28. The number of nitriles is 1. The van der Waals surface area contributed by atoms with E-state index in [4.69, 9.17) is 5.26 Å². The van der Waals surface area contributed by atoms with E-state index in [-0.39, 0.29) is 27.8 Å². The van der Waals surface area contributed by atoms with E-state index in [1.165, 1.54) is 6.07 Å². The third kappa shape index (κ3) is 1.31. The van der Waals surface area contributed by atoms with E-state index in [1.807, 2.05) is 0 Å². The third-order valence-electron chi connectivity index (χ3n) is 2.22. The Morgan fingerprint density at radius 3 is 2.75 bits per heavy atom. The lowest BCUT2D eigenvalue weighted by molar-refractivity contribution is 0.474. The number of benzene rings is 1. The Hall–Kier alpha value is -2.68. The first kappa shape index (κ1) is 9.86. The molecule has 0 atom stereocenters. The van der Waals surface area contributed by atoms with Crippen molar-refractivity contribution in [3.05, 3.63) is 39.2 Å². The number of hydrogen-bond donors (Lipinski definition) is 2. The van der Waals surface area contributed by atoms with Gasteiger partial charge in [0.25, 0.3) is 5.56 Å². The van der Waals surface area contributed by atoms with Gasteiger partial charge in [-0.15, -0.1) is 4.91 Å². The molecule has 0 spiro atoms. The molecule has 0 amide bonds. The third-order valence-corrected chi connectivity index (χ3v) is 2.22. The maximum absolute atomic E-state index is 11.4. The summed E-state index contributed by atoms with van der Waals surface area (Å²) in [5.41, 5.74) is -0.448. The number of nitrogens with zero attached hydrogens (tertiary/aromatic N) is 2. The second-order valence-electron chi connectivity index (χ2n) is 3.12. The Balaban J connectivity index is 3.01. The number of fused-ring (bicyclic) bond motifs is 1. The SMILES string of the molecule is N#Cc1cc2c(N=O)c[nH]c(=O)c2cc1O. The predicted molar refractivity (Wildman–Crippen MR) is 56.4 cm³/mol. The van der Waals surface area contributed by atoms with Crippen molar-refractivity contribution in [2.45, 2.75) is 0 Å². The zero-order valence-electron chi connectivity index (χ0n) is 7.89. The van der Waals surface area contributed by atoms with Gasteiger partial charge in [-0.3, -0.25) is 4.79 Å². The molecule has 0 saturated carbocycles. The summed E-state index contributed by atoms with van der Waals surface area (Å²) in [6.07, 6.45) is 1.16. The lowest BCUT2D eigenvalue weighted by atomic mass is 10.1. The van der Waals surface area contributed by atoms with Crippen molar-refractivity contribution in [2.75, 3.05) is 0 Å². The average molecular weight is 215 g/mol. The molecule has 6 nitrogen and oxygen atoms in total. The minimum absolute atomic E-state index is 0.0111. The van der Waals surface area contributed by atoms with Crippen LogP contribution in [-0.4, -0.2) is 10.1 Å². The van der Waals surface area contributed by atoms with Gasteiger partial charge in [-0.05, 0) is 17.3 Å². The molecule has 0 radical (unpaired) electrons. The number of pyridine rings is 1. The van der Waals surface area contributed by atoms with Gasteiger partial charge in [-0.2, -0.15) is 5.26 Å². The maximum Gasteiger partial charge on any atom is 0.256 e. The smallest absolute Gasteiger partial charge is 0.256 e. The van der Waals surface area contributed by atoms with Gasteiger partial charge in [0, 0.05) is 11.6 Å². The van der Waals surface area contributed by atoms with Crippen LogP contribution in [0.4, 0.5) is 5.69 Å². The molecular weight excluding hydrogens is 210 g/mol. The van der Waals surface area contributed by atoms with E-state index in [0.717, 1.165) is 12.3 Å². The van der Waals surface area contributed by atoms with Crippen LogP contribution in [0.2, 0.25) is 0 Å². The zero-order valence-corrected chi connectivity index (χ0v) is 7.89. The number of hydrogen-bond acceptors (Lipinski definition) is 5. The molecular formula is C10H5N3O3. The van der Waals surface area contributed by atoms with Gasteiger partial charge in [0.1, 0.15) is 17.5 Å². The fourth-order valence-corrected chi connectivity index (χ4v) is 1.44. The van der Waals surface area contributed by atoms with Crippen LogP contribution >= 0.6 is 0 Å². The quantitative estimate of drug-likeness (QED) is 0.703. The predicted octanol–water partition coefficient (Wildman–Crippen LogP) is 1.50. The van der Waals surface area contributed by atoms with Crippen molar-refractivity contribution >= 4 is 16.5 Å². The van der Waals surface area contributed by atoms with Gasteiger partial charge in [0.15, 0.2) is 0 Å².